The number of imidazole rings is 1. The molecule has 0 spiro atoms. The van der Waals surface area contributed by atoms with Crippen LogP contribution in [-0.4, -0.2) is 52.9 Å². The largest absolute Gasteiger partial charge is 0.497 e. The van der Waals surface area contributed by atoms with Crippen LogP contribution in [0.1, 0.15) is 29.5 Å². The molecule has 2 N–H and O–H groups in total. The summed E-state index contributed by atoms with van der Waals surface area (Å²) < 4.78 is 5.23. The van der Waals surface area contributed by atoms with Gasteiger partial charge >= 0.3 is 0 Å². The van der Waals surface area contributed by atoms with Gasteiger partial charge < -0.3 is 19.9 Å². The minimum Gasteiger partial charge on any atom is -0.497 e. The number of H-pyrrole nitrogens is 1. The number of aromatic amines is 1. The molecule has 1 fully saturated rings. The zero-order valence-corrected chi connectivity index (χ0v) is 14.6. The van der Waals surface area contributed by atoms with Gasteiger partial charge in [0, 0.05) is 24.3 Å². The fourth-order valence-corrected chi connectivity index (χ4v) is 2.93. The lowest BCUT2D eigenvalue weighted by Crippen LogP contribution is -2.45. The predicted molar refractivity (Wildman–Crippen MR) is 93.4 cm³/mol. The van der Waals surface area contributed by atoms with Gasteiger partial charge in [0.25, 0.3) is 5.91 Å². The molecule has 2 amide bonds. The molecule has 1 aliphatic rings. The summed E-state index contributed by atoms with van der Waals surface area (Å²) in [4.78, 5) is 34.2. The van der Waals surface area contributed by atoms with Gasteiger partial charge in [-0.25, -0.2) is 4.98 Å². The maximum absolute atomic E-state index is 12.9. The minimum atomic E-state index is -0.508. The lowest BCUT2D eigenvalue weighted by molar-refractivity contribution is -0.124. The lowest BCUT2D eigenvalue weighted by Gasteiger charge is -2.24. The highest BCUT2D eigenvalue weighted by Gasteiger charge is 2.30. The normalized spacial score (nSPS) is 17.8. The molecule has 1 aromatic heterocycles. The standard InChI is InChI=1S/C18H22N4O3/c1-11-15(18(24)22-9-5-8-19-17(23)12(22)2)21-16(20-11)13-6-4-7-14(10-13)25-3/h4,6-7,10,12H,5,8-9H2,1-3H3,(H,19,23)(H,20,21)/t12-/m0/s1. The number of amides is 2. The summed E-state index contributed by atoms with van der Waals surface area (Å²) in [5.41, 5.74) is 1.86. The van der Waals surface area contributed by atoms with Crippen molar-refractivity contribution in [1.82, 2.24) is 20.2 Å². The Bertz CT molecular complexity index is 799. The highest BCUT2D eigenvalue weighted by atomic mass is 16.5. The molecule has 3 rings (SSSR count). The molecule has 1 saturated heterocycles. The number of carbonyl (C=O) groups is 2. The van der Waals surface area contributed by atoms with Gasteiger partial charge in [-0.3, -0.25) is 9.59 Å². The van der Waals surface area contributed by atoms with Gasteiger partial charge in [-0.2, -0.15) is 0 Å². The third kappa shape index (κ3) is 3.35. The number of benzene rings is 1. The summed E-state index contributed by atoms with van der Waals surface area (Å²) in [6.45, 7) is 4.66. The zero-order chi connectivity index (χ0) is 18.0. The van der Waals surface area contributed by atoms with E-state index in [9.17, 15) is 9.59 Å². The van der Waals surface area contributed by atoms with Crippen LogP contribution in [0.25, 0.3) is 11.4 Å². The monoisotopic (exact) mass is 342 g/mol. The molecule has 0 saturated carbocycles. The number of hydrogen-bond donors (Lipinski definition) is 2. The maximum Gasteiger partial charge on any atom is 0.275 e. The van der Waals surface area contributed by atoms with Gasteiger partial charge in [-0.05, 0) is 32.4 Å². The highest BCUT2D eigenvalue weighted by molar-refractivity contribution is 5.97. The Morgan fingerprint density at radius 1 is 1.40 bits per heavy atom. The molecule has 0 radical (unpaired) electrons. The lowest BCUT2D eigenvalue weighted by atomic mass is 10.2. The quantitative estimate of drug-likeness (QED) is 0.889. The van der Waals surface area contributed by atoms with E-state index in [0.29, 0.717) is 30.3 Å². The van der Waals surface area contributed by atoms with Crippen LogP contribution in [-0.2, 0) is 4.79 Å². The summed E-state index contributed by atoms with van der Waals surface area (Å²) in [5.74, 6) is 0.962. The Labute approximate surface area is 146 Å². The molecule has 0 unspecified atom stereocenters. The first kappa shape index (κ1) is 17.0. The molecule has 132 valence electrons. The minimum absolute atomic E-state index is 0.132. The topological polar surface area (TPSA) is 87.3 Å². The second-order valence-corrected chi connectivity index (χ2v) is 6.11. The number of nitrogens with one attached hydrogen (secondary N) is 2. The Morgan fingerprint density at radius 2 is 2.20 bits per heavy atom. The average molecular weight is 342 g/mol. The Balaban J connectivity index is 1.91. The van der Waals surface area contributed by atoms with Crippen LogP contribution in [0, 0.1) is 6.92 Å². The van der Waals surface area contributed by atoms with E-state index in [2.05, 4.69) is 15.3 Å². The van der Waals surface area contributed by atoms with Crippen molar-refractivity contribution in [2.24, 2.45) is 0 Å². The third-order valence-corrected chi connectivity index (χ3v) is 4.41. The van der Waals surface area contributed by atoms with E-state index in [0.717, 1.165) is 17.7 Å². The molecule has 1 aromatic carbocycles. The van der Waals surface area contributed by atoms with E-state index in [-0.39, 0.29) is 11.8 Å². The average Bonchev–Trinajstić information content (AvgIpc) is 2.94. The second-order valence-electron chi connectivity index (χ2n) is 6.11. The van der Waals surface area contributed by atoms with Gasteiger partial charge in [-0.1, -0.05) is 12.1 Å². The van der Waals surface area contributed by atoms with Crippen LogP contribution in [0.3, 0.4) is 0 Å². The van der Waals surface area contributed by atoms with Gasteiger partial charge in [0.05, 0.1) is 7.11 Å². The van der Waals surface area contributed by atoms with E-state index in [1.165, 1.54) is 0 Å². The molecule has 0 bridgehead atoms. The fourth-order valence-electron chi connectivity index (χ4n) is 2.93. The van der Waals surface area contributed by atoms with E-state index < -0.39 is 6.04 Å². The number of rotatable bonds is 3. The number of ether oxygens (including phenoxy) is 1. The SMILES string of the molecule is COc1cccc(-c2nc(C(=O)N3CCCNC(=O)[C@@H]3C)c(C)[nH]2)c1. The molecule has 7 heteroatoms. The van der Waals surface area contributed by atoms with Crippen LogP contribution in [0.4, 0.5) is 0 Å². The van der Waals surface area contributed by atoms with E-state index in [1.54, 1.807) is 18.9 Å². The van der Waals surface area contributed by atoms with Crippen LogP contribution in [0.2, 0.25) is 0 Å². The second kappa shape index (κ2) is 6.96. The summed E-state index contributed by atoms with van der Waals surface area (Å²) in [7, 11) is 1.60. The Kier molecular flexibility index (Phi) is 4.74. The summed E-state index contributed by atoms with van der Waals surface area (Å²) in [6.07, 6.45) is 0.730. The molecule has 0 aliphatic carbocycles. The van der Waals surface area contributed by atoms with Gasteiger partial charge in [0.15, 0.2) is 0 Å². The maximum atomic E-state index is 12.9. The number of hydrogen-bond acceptors (Lipinski definition) is 4. The zero-order valence-electron chi connectivity index (χ0n) is 14.6. The van der Waals surface area contributed by atoms with Gasteiger partial charge in [-0.15, -0.1) is 0 Å². The molecule has 1 aliphatic heterocycles. The molecule has 7 nitrogen and oxygen atoms in total. The fraction of sp³-hybridized carbons (Fsp3) is 0.389. The number of methoxy groups -OCH3 is 1. The first-order valence-corrected chi connectivity index (χ1v) is 8.31. The molecule has 2 heterocycles. The van der Waals surface area contributed by atoms with Gasteiger partial charge in [0.1, 0.15) is 23.3 Å². The van der Waals surface area contributed by atoms with Crippen molar-refractivity contribution >= 4 is 11.8 Å². The van der Waals surface area contributed by atoms with Crippen LogP contribution < -0.4 is 10.1 Å². The van der Waals surface area contributed by atoms with Crippen molar-refractivity contribution in [1.29, 1.82) is 0 Å². The first-order chi connectivity index (χ1) is 12.0. The number of aromatic nitrogens is 2. The van der Waals surface area contributed by atoms with Crippen molar-refractivity contribution in [2.75, 3.05) is 20.2 Å². The molecule has 2 aromatic rings. The smallest absolute Gasteiger partial charge is 0.275 e. The number of aryl methyl sites for hydroxylation is 1. The summed E-state index contributed by atoms with van der Waals surface area (Å²) in [6, 6.07) is 6.97. The first-order valence-electron chi connectivity index (χ1n) is 8.31. The number of nitrogens with zero attached hydrogens (tertiary/aromatic N) is 2. The van der Waals surface area contributed by atoms with Crippen molar-refractivity contribution in [2.45, 2.75) is 26.3 Å². The van der Waals surface area contributed by atoms with E-state index >= 15 is 0 Å². The summed E-state index contributed by atoms with van der Waals surface area (Å²) >= 11 is 0. The predicted octanol–water partition coefficient (Wildman–Crippen LogP) is 1.74. The van der Waals surface area contributed by atoms with Crippen molar-refractivity contribution < 1.29 is 14.3 Å². The molecule has 1 atom stereocenters. The number of carbonyl (C=O) groups excluding carboxylic acids is 2. The van der Waals surface area contributed by atoms with Crippen molar-refractivity contribution in [3.8, 4) is 17.1 Å². The van der Waals surface area contributed by atoms with Gasteiger partial charge in [0.2, 0.25) is 5.91 Å². The third-order valence-electron chi connectivity index (χ3n) is 4.41. The van der Waals surface area contributed by atoms with Crippen LogP contribution >= 0.6 is 0 Å². The van der Waals surface area contributed by atoms with E-state index in [1.807, 2.05) is 31.2 Å². The van der Waals surface area contributed by atoms with Crippen LogP contribution in [0.5, 0.6) is 5.75 Å². The highest BCUT2D eigenvalue weighted by Crippen LogP contribution is 2.23. The Morgan fingerprint density at radius 3 is 2.96 bits per heavy atom. The summed E-state index contributed by atoms with van der Waals surface area (Å²) in [5, 5.41) is 2.81. The molecular weight excluding hydrogens is 320 g/mol. The molecular formula is C18H22N4O3. The van der Waals surface area contributed by atoms with Crippen molar-refractivity contribution in [3.05, 3.63) is 35.7 Å². The van der Waals surface area contributed by atoms with Crippen molar-refractivity contribution in [3.63, 3.8) is 0 Å². The molecule has 25 heavy (non-hydrogen) atoms. The Hall–Kier alpha value is -2.83. The van der Waals surface area contributed by atoms with Crippen LogP contribution in [0.15, 0.2) is 24.3 Å². The van der Waals surface area contributed by atoms with E-state index in [4.69, 9.17) is 4.74 Å².